The van der Waals surface area contributed by atoms with Crippen molar-refractivity contribution in [3.8, 4) is 0 Å². The first-order valence-corrected chi connectivity index (χ1v) is 5.68. The lowest BCUT2D eigenvalue weighted by atomic mass is 10.0. The van der Waals surface area contributed by atoms with Gasteiger partial charge in [-0.2, -0.15) is 0 Å². The van der Waals surface area contributed by atoms with Gasteiger partial charge in [0, 0.05) is 0 Å². The van der Waals surface area contributed by atoms with Crippen molar-refractivity contribution >= 4 is 11.6 Å². The molecule has 1 unspecified atom stereocenters. The average Bonchev–Trinajstić information content (AvgIpc) is 2.75. The summed E-state index contributed by atoms with van der Waals surface area (Å²) in [5.74, 6) is 0.693. The van der Waals surface area contributed by atoms with Crippen LogP contribution in [0.2, 0.25) is 5.22 Å². The Morgan fingerprint density at radius 3 is 2.75 bits per heavy atom. The number of hydrogen-bond acceptors (Lipinski definition) is 2. The molecule has 1 heterocycles. The third kappa shape index (κ3) is 2.29. The molecule has 0 aliphatic carbocycles. The number of hydrogen-bond donors (Lipinski definition) is 1. The molecule has 0 fully saturated rings. The van der Waals surface area contributed by atoms with Crippen LogP contribution in [0.1, 0.15) is 29.9 Å². The maximum Gasteiger partial charge on any atom is 0.193 e. The molecule has 0 aliphatic rings. The molecule has 0 aliphatic heterocycles. The number of rotatable bonds is 3. The Morgan fingerprint density at radius 2 is 2.12 bits per heavy atom. The summed E-state index contributed by atoms with van der Waals surface area (Å²) in [6.07, 6.45) is 0.999. The van der Waals surface area contributed by atoms with E-state index in [2.05, 4.69) is 19.1 Å². The Labute approximate surface area is 100 Å². The van der Waals surface area contributed by atoms with Gasteiger partial charge in [-0.15, -0.1) is 0 Å². The molecule has 0 amide bonds. The van der Waals surface area contributed by atoms with Crippen molar-refractivity contribution < 1.29 is 4.42 Å². The highest BCUT2D eigenvalue weighted by Gasteiger charge is 2.12. The topological polar surface area (TPSA) is 39.2 Å². The van der Waals surface area contributed by atoms with Crippen LogP contribution < -0.4 is 5.73 Å². The molecule has 1 aromatic heterocycles. The van der Waals surface area contributed by atoms with E-state index in [-0.39, 0.29) is 6.04 Å². The standard InChI is InChI=1S/C13H14ClNO/c1-2-9-4-3-5-10(8-9)13(15)11-6-7-12(14)16-11/h3-8,13H,2,15H2,1H3. The van der Waals surface area contributed by atoms with Crippen LogP contribution in [0.5, 0.6) is 0 Å². The van der Waals surface area contributed by atoms with Gasteiger partial charge in [0.1, 0.15) is 5.76 Å². The number of aryl methyl sites for hydroxylation is 1. The summed E-state index contributed by atoms with van der Waals surface area (Å²) in [5, 5.41) is 0.372. The van der Waals surface area contributed by atoms with Crippen LogP contribution in [-0.2, 0) is 6.42 Å². The van der Waals surface area contributed by atoms with Crippen LogP contribution in [0.15, 0.2) is 40.8 Å². The van der Waals surface area contributed by atoms with Crippen molar-refractivity contribution in [2.24, 2.45) is 5.73 Å². The molecule has 2 N–H and O–H groups in total. The van der Waals surface area contributed by atoms with Crippen molar-refractivity contribution in [1.29, 1.82) is 0 Å². The fourth-order valence-corrected chi connectivity index (χ4v) is 1.82. The maximum absolute atomic E-state index is 6.10. The molecule has 16 heavy (non-hydrogen) atoms. The number of halogens is 1. The van der Waals surface area contributed by atoms with E-state index in [4.69, 9.17) is 21.8 Å². The summed E-state index contributed by atoms with van der Waals surface area (Å²) in [6, 6.07) is 11.5. The van der Waals surface area contributed by atoms with Gasteiger partial charge in [0.05, 0.1) is 6.04 Å². The van der Waals surface area contributed by atoms with Gasteiger partial charge < -0.3 is 10.2 Å². The van der Waals surface area contributed by atoms with Crippen molar-refractivity contribution in [2.75, 3.05) is 0 Å². The normalized spacial score (nSPS) is 12.7. The second-order valence-electron chi connectivity index (χ2n) is 3.72. The summed E-state index contributed by atoms with van der Waals surface area (Å²) in [7, 11) is 0. The van der Waals surface area contributed by atoms with E-state index in [1.54, 1.807) is 6.07 Å². The van der Waals surface area contributed by atoms with E-state index in [1.165, 1.54) is 5.56 Å². The first kappa shape index (κ1) is 11.2. The van der Waals surface area contributed by atoms with Crippen molar-refractivity contribution in [3.63, 3.8) is 0 Å². The van der Waals surface area contributed by atoms with Gasteiger partial charge >= 0.3 is 0 Å². The monoisotopic (exact) mass is 235 g/mol. The van der Waals surface area contributed by atoms with Gasteiger partial charge in [-0.25, -0.2) is 0 Å². The quantitative estimate of drug-likeness (QED) is 0.884. The van der Waals surface area contributed by atoms with Crippen molar-refractivity contribution in [1.82, 2.24) is 0 Å². The largest absolute Gasteiger partial charge is 0.448 e. The van der Waals surface area contributed by atoms with Crippen LogP contribution in [-0.4, -0.2) is 0 Å². The summed E-state index contributed by atoms with van der Waals surface area (Å²) in [4.78, 5) is 0. The zero-order chi connectivity index (χ0) is 11.5. The number of furan rings is 1. The molecular formula is C13H14ClNO. The van der Waals surface area contributed by atoms with Gasteiger partial charge in [0.25, 0.3) is 0 Å². The highest BCUT2D eigenvalue weighted by atomic mass is 35.5. The van der Waals surface area contributed by atoms with Crippen LogP contribution in [0, 0.1) is 0 Å². The highest BCUT2D eigenvalue weighted by molar-refractivity contribution is 6.28. The molecule has 0 saturated heterocycles. The van der Waals surface area contributed by atoms with E-state index in [0.717, 1.165) is 12.0 Å². The summed E-state index contributed by atoms with van der Waals surface area (Å²) in [6.45, 7) is 2.12. The van der Waals surface area contributed by atoms with Gasteiger partial charge in [-0.05, 0) is 41.3 Å². The minimum atomic E-state index is -0.251. The third-order valence-corrected chi connectivity index (χ3v) is 2.82. The molecular weight excluding hydrogens is 222 g/mol. The Bertz CT molecular complexity index is 478. The van der Waals surface area contributed by atoms with E-state index in [1.807, 2.05) is 18.2 Å². The van der Waals surface area contributed by atoms with Crippen LogP contribution in [0.4, 0.5) is 0 Å². The fourth-order valence-electron chi connectivity index (χ4n) is 1.67. The van der Waals surface area contributed by atoms with Crippen LogP contribution >= 0.6 is 11.6 Å². The van der Waals surface area contributed by atoms with Crippen LogP contribution in [0.3, 0.4) is 0 Å². The summed E-state index contributed by atoms with van der Waals surface area (Å²) >= 11 is 5.73. The molecule has 2 rings (SSSR count). The Balaban J connectivity index is 2.29. The molecule has 1 atom stereocenters. The SMILES string of the molecule is CCc1cccc(C(N)c2ccc(Cl)o2)c1. The maximum atomic E-state index is 6.10. The van der Waals surface area contributed by atoms with E-state index in [9.17, 15) is 0 Å². The predicted molar refractivity (Wildman–Crippen MR) is 65.6 cm³/mol. The molecule has 0 spiro atoms. The zero-order valence-corrected chi connectivity index (χ0v) is 9.87. The molecule has 2 nitrogen and oxygen atoms in total. The molecule has 3 heteroatoms. The summed E-state index contributed by atoms with van der Waals surface area (Å²) in [5.41, 5.74) is 8.42. The van der Waals surface area contributed by atoms with Crippen molar-refractivity contribution in [2.45, 2.75) is 19.4 Å². The summed E-state index contributed by atoms with van der Waals surface area (Å²) < 4.78 is 5.31. The Kier molecular flexibility index (Phi) is 3.32. The Morgan fingerprint density at radius 1 is 1.31 bits per heavy atom. The van der Waals surface area contributed by atoms with Crippen LogP contribution in [0.25, 0.3) is 0 Å². The second-order valence-corrected chi connectivity index (χ2v) is 4.09. The molecule has 84 valence electrons. The lowest BCUT2D eigenvalue weighted by Gasteiger charge is -2.10. The molecule has 2 aromatic rings. The minimum absolute atomic E-state index is 0.251. The fraction of sp³-hybridized carbons (Fsp3) is 0.231. The second kappa shape index (κ2) is 4.73. The number of nitrogens with two attached hydrogens (primary N) is 1. The van der Waals surface area contributed by atoms with E-state index in [0.29, 0.717) is 11.0 Å². The molecule has 0 saturated carbocycles. The lowest BCUT2D eigenvalue weighted by molar-refractivity contribution is 0.491. The van der Waals surface area contributed by atoms with E-state index < -0.39 is 0 Å². The first-order valence-electron chi connectivity index (χ1n) is 5.30. The number of benzene rings is 1. The zero-order valence-electron chi connectivity index (χ0n) is 9.11. The lowest BCUT2D eigenvalue weighted by Crippen LogP contribution is -2.11. The van der Waals surface area contributed by atoms with E-state index >= 15 is 0 Å². The third-order valence-electron chi connectivity index (χ3n) is 2.62. The van der Waals surface area contributed by atoms with Gasteiger partial charge in [0.2, 0.25) is 0 Å². The molecule has 0 radical (unpaired) electrons. The molecule has 0 bridgehead atoms. The predicted octanol–water partition coefficient (Wildman–Crippen LogP) is 3.54. The minimum Gasteiger partial charge on any atom is -0.448 e. The van der Waals surface area contributed by atoms with Crippen molar-refractivity contribution in [3.05, 3.63) is 58.5 Å². The first-order chi connectivity index (χ1) is 7.70. The smallest absolute Gasteiger partial charge is 0.193 e. The molecule has 1 aromatic carbocycles. The van der Waals surface area contributed by atoms with Gasteiger partial charge in [0.15, 0.2) is 5.22 Å². The highest BCUT2D eigenvalue weighted by Crippen LogP contribution is 2.24. The van der Waals surface area contributed by atoms with Gasteiger partial charge in [-0.3, -0.25) is 0 Å². The average molecular weight is 236 g/mol. The van der Waals surface area contributed by atoms with Gasteiger partial charge in [-0.1, -0.05) is 31.2 Å². The Hall–Kier alpha value is -1.25.